The van der Waals surface area contributed by atoms with Crippen LogP contribution in [0.25, 0.3) is 0 Å². The van der Waals surface area contributed by atoms with E-state index in [-0.39, 0.29) is 18.3 Å². The number of benzene rings is 1. The van der Waals surface area contributed by atoms with Crippen molar-refractivity contribution >= 4 is 28.4 Å². The number of nitrogens with zero attached hydrogens (tertiary/aromatic N) is 1. The number of hydrogen-bond donors (Lipinski definition) is 4. The van der Waals surface area contributed by atoms with Crippen LogP contribution in [-0.4, -0.2) is 49.3 Å². The number of halogens is 1. The lowest BCUT2D eigenvalue weighted by Gasteiger charge is -2.22. The van der Waals surface area contributed by atoms with E-state index in [0.29, 0.717) is 36.8 Å². The highest BCUT2D eigenvalue weighted by atomic mass is 32.1. The number of carbonyl (C=O) groups excluding carboxylic acids is 2. The van der Waals surface area contributed by atoms with E-state index in [2.05, 4.69) is 26.3 Å². The van der Waals surface area contributed by atoms with Crippen LogP contribution in [-0.2, 0) is 22.5 Å². The van der Waals surface area contributed by atoms with Gasteiger partial charge in [0.1, 0.15) is 11.9 Å². The number of rotatable bonds is 7. The van der Waals surface area contributed by atoms with Crippen LogP contribution in [0.4, 0.5) is 14.3 Å². The van der Waals surface area contributed by atoms with Gasteiger partial charge in [0.2, 0.25) is 5.91 Å². The number of ether oxygens (including phenoxy) is 1. The largest absolute Gasteiger partial charge is 0.366 e. The molecule has 10 heteroatoms. The standard InChI is InChI=1S/C18H22FN5O3S/c19-13-3-1-2-12(8-13)9-22-17(26)24-18-23-14(11-28-18)4-5-21-16(25)15-10-20-6-7-27-15/h1-3,8,11,15,20H,4-7,9-10H2,(H,21,25)(H2,22,23,24,26). The van der Waals surface area contributed by atoms with Crippen LogP contribution in [0, 0.1) is 5.82 Å². The predicted molar refractivity (Wildman–Crippen MR) is 104 cm³/mol. The third-order valence-electron chi connectivity index (χ3n) is 4.01. The Morgan fingerprint density at radius 3 is 3.04 bits per heavy atom. The molecule has 4 N–H and O–H groups in total. The lowest BCUT2D eigenvalue weighted by Crippen LogP contribution is -2.48. The molecule has 1 aromatic heterocycles. The topological polar surface area (TPSA) is 104 Å². The molecule has 0 radical (unpaired) electrons. The van der Waals surface area contributed by atoms with Gasteiger partial charge in [-0.05, 0) is 17.7 Å². The zero-order valence-corrected chi connectivity index (χ0v) is 16.0. The van der Waals surface area contributed by atoms with Crippen LogP contribution in [0.3, 0.4) is 0 Å². The van der Waals surface area contributed by atoms with Gasteiger partial charge in [-0.3, -0.25) is 10.1 Å². The molecular weight excluding hydrogens is 385 g/mol. The van der Waals surface area contributed by atoms with Crippen molar-refractivity contribution in [1.29, 1.82) is 0 Å². The Morgan fingerprint density at radius 1 is 1.36 bits per heavy atom. The normalized spacial score (nSPS) is 16.4. The van der Waals surface area contributed by atoms with Crippen molar-refractivity contribution in [1.82, 2.24) is 20.9 Å². The molecular formula is C18H22FN5O3S. The number of aromatic nitrogens is 1. The SMILES string of the molecule is O=C(NCc1cccc(F)c1)Nc1nc(CCNC(=O)C2CNCCO2)cs1. The summed E-state index contributed by atoms with van der Waals surface area (Å²) in [6, 6.07) is 5.62. The second kappa shape index (κ2) is 10.1. The van der Waals surface area contributed by atoms with Gasteiger partial charge in [0.25, 0.3) is 0 Å². The molecule has 150 valence electrons. The number of morpholine rings is 1. The van der Waals surface area contributed by atoms with E-state index < -0.39 is 12.1 Å². The first kappa shape index (κ1) is 20.2. The van der Waals surface area contributed by atoms with Crippen molar-refractivity contribution in [3.8, 4) is 0 Å². The van der Waals surface area contributed by atoms with E-state index in [1.165, 1.54) is 23.5 Å². The zero-order chi connectivity index (χ0) is 19.8. The molecule has 0 aliphatic carbocycles. The van der Waals surface area contributed by atoms with Crippen molar-refractivity contribution in [3.05, 3.63) is 46.7 Å². The van der Waals surface area contributed by atoms with Crippen molar-refractivity contribution in [2.75, 3.05) is 31.6 Å². The highest BCUT2D eigenvalue weighted by molar-refractivity contribution is 7.13. The smallest absolute Gasteiger partial charge is 0.321 e. The Labute approximate surface area is 165 Å². The van der Waals surface area contributed by atoms with Crippen LogP contribution >= 0.6 is 11.3 Å². The quantitative estimate of drug-likeness (QED) is 0.553. The predicted octanol–water partition coefficient (Wildman–Crippen LogP) is 1.25. The summed E-state index contributed by atoms with van der Waals surface area (Å²) in [6.45, 7) is 2.45. The highest BCUT2D eigenvalue weighted by Gasteiger charge is 2.21. The molecule has 8 nitrogen and oxygen atoms in total. The molecule has 2 aromatic rings. The van der Waals surface area contributed by atoms with Crippen molar-refractivity contribution in [3.63, 3.8) is 0 Å². The Hall–Kier alpha value is -2.56. The number of anilines is 1. The fourth-order valence-corrected chi connectivity index (χ4v) is 3.35. The van der Waals surface area contributed by atoms with E-state index in [1.54, 1.807) is 12.1 Å². The average Bonchev–Trinajstić information content (AvgIpc) is 3.14. The van der Waals surface area contributed by atoms with Gasteiger partial charge >= 0.3 is 6.03 Å². The molecule has 1 aliphatic heterocycles. The second-order valence-corrected chi connectivity index (χ2v) is 7.04. The Morgan fingerprint density at radius 2 is 2.25 bits per heavy atom. The first-order chi connectivity index (χ1) is 13.6. The Kier molecular flexibility index (Phi) is 7.29. The van der Waals surface area contributed by atoms with Crippen LogP contribution in [0.1, 0.15) is 11.3 Å². The van der Waals surface area contributed by atoms with Gasteiger partial charge in [0, 0.05) is 38.0 Å². The van der Waals surface area contributed by atoms with Crippen molar-refractivity contribution in [2.45, 2.75) is 19.1 Å². The molecule has 1 unspecified atom stereocenters. The van der Waals surface area contributed by atoms with Gasteiger partial charge in [-0.15, -0.1) is 11.3 Å². The molecule has 28 heavy (non-hydrogen) atoms. The van der Waals surface area contributed by atoms with Gasteiger partial charge in [0.05, 0.1) is 12.3 Å². The minimum Gasteiger partial charge on any atom is -0.366 e. The second-order valence-electron chi connectivity index (χ2n) is 6.19. The summed E-state index contributed by atoms with van der Waals surface area (Å²) in [6.07, 6.45) is 0.0952. The van der Waals surface area contributed by atoms with Crippen LogP contribution < -0.4 is 21.3 Å². The van der Waals surface area contributed by atoms with Crippen LogP contribution in [0.15, 0.2) is 29.6 Å². The molecule has 0 spiro atoms. The summed E-state index contributed by atoms with van der Waals surface area (Å²) in [5, 5.41) is 13.5. The monoisotopic (exact) mass is 407 g/mol. The van der Waals surface area contributed by atoms with E-state index in [1.807, 2.05) is 5.38 Å². The highest BCUT2D eigenvalue weighted by Crippen LogP contribution is 2.15. The number of urea groups is 1. The summed E-state index contributed by atoms with van der Waals surface area (Å²) in [5.41, 5.74) is 1.44. The summed E-state index contributed by atoms with van der Waals surface area (Å²) < 4.78 is 18.5. The summed E-state index contributed by atoms with van der Waals surface area (Å²) in [5.74, 6) is -0.486. The Bertz CT molecular complexity index is 810. The summed E-state index contributed by atoms with van der Waals surface area (Å²) in [4.78, 5) is 28.2. The minimum atomic E-state index is -0.455. The average molecular weight is 407 g/mol. The number of amides is 3. The fourth-order valence-electron chi connectivity index (χ4n) is 2.61. The van der Waals surface area contributed by atoms with E-state index in [4.69, 9.17) is 4.74 Å². The lowest BCUT2D eigenvalue weighted by atomic mass is 10.2. The van der Waals surface area contributed by atoms with E-state index in [0.717, 1.165) is 12.2 Å². The van der Waals surface area contributed by atoms with Gasteiger partial charge in [-0.2, -0.15) is 0 Å². The van der Waals surface area contributed by atoms with E-state index in [9.17, 15) is 14.0 Å². The first-order valence-corrected chi connectivity index (χ1v) is 9.82. The fraction of sp³-hybridized carbons (Fsp3) is 0.389. The third kappa shape index (κ3) is 6.25. The van der Waals surface area contributed by atoms with Crippen LogP contribution in [0.2, 0.25) is 0 Å². The van der Waals surface area contributed by atoms with Crippen LogP contribution in [0.5, 0.6) is 0 Å². The van der Waals surface area contributed by atoms with Crippen molar-refractivity contribution < 1.29 is 18.7 Å². The zero-order valence-electron chi connectivity index (χ0n) is 15.2. The molecule has 1 saturated heterocycles. The first-order valence-electron chi connectivity index (χ1n) is 8.94. The molecule has 1 aliphatic rings. The third-order valence-corrected chi connectivity index (χ3v) is 4.82. The number of nitrogens with one attached hydrogen (secondary N) is 4. The maximum absolute atomic E-state index is 13.1. The van der Waals surface area contributed by atoms with Gasteiger partial charge < -0.3 is 20.7 Å². The van der Waals surface area contributed by atoms with Gasteiger partial charge in [0.15, 0.2) is 5.13 Å². The molecule has 1 fully saturated rings. The summed E-state index contributed by atoms with van der Waals surface area (Å²) in [7, 11) is 0. The number of carbonyl (C=O) groups is 2. The molecule has 2 heterocycles. The minimum absolute atomic E-state index is 0.141. The molecule has 1 atom stereocenters. The molecule has 3 rings (SSSR count). The number of thiazole rings is 1. The Balaban J connectivity index is 1.37. The maximum Gasteiger partial charge on any atom is 0.321 e. The lowest BCUT2D eigenvalue weighted by molar-refractivity contribution is -0.134. The summed E-state index contributed by atoms with van der Waals surface area (Å²) >= 11 is 1.30. The molecule has 0 bridgehead atoms. The molecule has 3 amide bonds. The molecule has 0 saturated carbocycles. The number of hydrogen-bond acceptors (Lipinski definition) is 6. The van der Waals surface area contributed by atoms with Gasteiger partial charge in [-0.25, -0.2) is 14.2 Å². The van der Waals surface area contributed by atoms with Gasteiger partial charge in [-0.1, -0.05) is 12.1 Å². The van der Waals surface area contributed by atoms with E-state index >= 15 is 0 Å². The van der Waals surface area contributed by atoms with Crippen molar-refractivity contribution in [2.24, 2.45) is 0 Å². The maximum atomic E-state index is 13.1. The molecule has 1 aromatic carbocycles.